The van der Waals surface area contributed by atoms with Crippen LogP contribution < -0.4 is 0 Å². The molecule has 1 heterocycles. The van der Waals surface area contributed by atoms with Gasteiger partial charge in [0.1, 0.15) is 0 Å². The van der Waals surface area contributed by atoms with E-state index in [1.807, 2.05) is 13.0 Å². The fourth-order valence-electron chi connectivity index (χ4n) is 2.69. The van der Waals surface area contributed by atoms with Gasteiger partial charge in [-0.3, -0.25) is 0 Å². The molecule has 0 bridgehead atoms. The highest BCUT2D eigenvalue weighted by Crippen LogP contribution is 2.14. The van der Waals surface area contributed by atoms with E-state index in [9.17, 15) is 5.11 Å². The molecule has 3 nitrogen and oxygen atoms in total. The molecule has 1 rings (SSSR count). The Balaban J connectivity index is 1.75. The van der Waals surface area contributed by atoms with Crippen molar-refractivity contribution in [2.24, 2.45) is 0 Å². The summed E-state index contributed by atoms with van der Waals surface area (Å²) < 4.78 is 11.3. The molecule has 0 radical (unpaired) electrons. The first-order chi connectivity index (χ1) is 10.8. The van der Waals surface area contributed by atoms with Gasteiger partial charge in [-0.2, -0.15) is 0 Å². The van der Waals surface area contributed by atoms with Crippen molar-refractivity contribution in [1.29, 1.82) is 0 Å². The SMILES string of the molecule is CCC(O)/C=C/CCCCCCCCCOC1CCCCO1. The molecular formula is C19H36O3. The molecule has 130 valence electrons. The monoisotopic (exact) mass is 312 g/mol. The Morgan fingerprint density at radius 1 is 1.09 bits per heavy atom. The Labute approximate surface area is 137 Å². The Morgan fingerprint density at radius 2 is 1.82 bits per heavy atom. The molecule has 2 atom stereocenters. The molecule has 0 spiro atoms. The lowest BCUT2D eigenvalue weighted by Gasteiger charge is -2.22. The molecule has 0 aromatic heterocycles. The molecule has 22 heavy (non-hydrogen) atoms. The van der Waals surface area contributed by atoms with Crippen molar-refractivity contribution in [2.45, 2.75) is 96.4 Å². The van der Waals surface area contributed by atoms with Gasteiger partial charge in [0.25, 0.3) is 0 Å². The number of hydrogen-bond acceptors (Lipinski definition) is 3. The van der Waals surface area contributed by atoms with E-state index >= 15 is 0 Å². The minimum atomic E-state index is -0.249. The van der Waals surface area contributed by atoms with E-state index in [1.165, 1.54) is 51.4 Å². The molecule has 1 N–H and O–H groups in total. The summed E-state index contributed by atoms with van der Waals surface area (Å²) in [6, 6.07) is 0. The standard InChI is InChI=1S/C19H36O3/c1-2-18(20)14-10-8-6-4-3-5-7-9-12-16-21-19-15-11-13-17-22-19/h10,14,18-20H,2-9,11-13,15-17H2,1H3/b14-10+. The zero-order chi connectivity index (χ0) is 15.9. The van der Waals surface area contributed by atoms with Crippen LogP contribution in [0.1, 0.15) is 84.0 Å². The van der Waals surface area contributed by atoms with Gasteiger partial charge in [-0.15, -0.1) is 0 Å². The predicted octanol–water partition coefficient (Wildman–Crippen LogP) is 4.98. The lowest BCUT2D eigenvalue weighted by Crippen LogP contribution is -2.22. The van der Waals surface area contributed by atoms with Crippen LogP contribution in [0, 0.1) is 0 Å². The Hall–Kier alpha value is -0.380. The van der Waals surface area contributed by atoms with Gasteiger partial charge in [-0.1, -0.05) is 51.2 Å². The van der Waals surface area contributed by atoms with Gasteiger partial charge < -0.3 is 14.6 Å². The first-order valence-corrected chi connectivity index (χ1v) is 9.41. The van der Waals surface area contributed by atoms with Crippen molar-refractivity contribution >= 4 is 0 Å². The highest BCUT2D eigenvalue weighted by atomic mass is 16.7. The van der Waals surface area contributed by atoms with Crippen LogP contribution in [0.2, 0.25) is 0 Å². The summed E-state index contributed by atoms with van der Waals surface area (Å²) in [5.74, 6) is 0. The molecule has 0 amide bonds. The molecule has 1 aliphatic rings. The maximum Gasteiger partial charge on any atom is 0.157 e. The minimum Gasteiger partial charge on any atom is -0.389 e. The summed E-state index contributed by atoms with van der Waals surface area (Å²) >= 11 is 0. The third kappa shape index (κ3) is 11.2. The number of unbranched alkanes of at least 4 members (excludes halogenated alkanes) is 7. The summed E-state index contributed by atoms with van der Waals surface area (Å²) in [7, 11) is 0. The van der Waals surface area contributed by atoms with Gasteiger partial charge >= 0.3 is 0 Å². The molecule has 2 unspecified atom stereocenters. The largest absolute Gasteiger partial charge is 0.389 e. The highest BCUT2D eigenvalue weighted by molar-refractivity contribution is 4.87. The number of aliphatic hydroxyl groups excluding tert-OH is 1. The van der Waals surface area contributed by atoms with E-state index in [4.69, 9.17) is 9.47 Å². The molecule has 0 aromatic carbocycles. The Bertz CT molecular complexity index is 259. The second-order valence-corrected chi connectivity index (χ2v) is 6.33. The molecule has 1 fully saturated rings. The molecule has 0 saturated carbocycles. The van der Waals surface area contributed by atoms with Crippen molar-refractivity contribution in [3.63, 3.8) is 0 Å². The van der Waals surface area contributed by atoms with Crippen LogP contribution in [0.25, 0.3) is 0 Å². The topological polar surface area (TPSA) is 38.7 Å². The molecule has 3 heteroatoms. The fraction of sp³-hybridized carbons (Fsp3) is 0.895. The first-order valence-electron chi connectivity index (χ1n) is 9.41. The van der Waals surface area contributed by atoms with Crippen molar-refractivity contribution in [3.05, 3.63) is 12.2 Å². The van der Waals surface area contributed by atoms with Crippen molar-refractivity contribution < 1.29 is 14.6 Å². The van der Waals surface area contributed by atoms with Crippen LogP contribution in [-0.4, -0.2) is 30.7 Å². The van der Waals surface area contributed by atoms with E-state index < -0.39 is 0 Å². The van der Waals surface area contributed by atoms with E-state index in [-0.39, 0.29) is 12.4 Å². The van der Waals surface area contributed by atoms with Gasteiger partial charge in [0.05, 0.1) is 6.10 Å². The average molecular weight is 312 g/mol. The quantitative estimate of drug-likeness (QED) is 0.385. The minimum absolute atomic E-state index is 0.0769. The maximum atomic E-state index is 9.38. The van der Waals surface area contributed by atoms with Crippen molar-refractivity contribution in [1.82, 2.24) is 0 Å². The smallest absolute Gasteiger partial charge is 0.157 e. The van der Waals surface area contributed by atoms with E-state index in [1.54, 1.807) is 0 Å². The molecule has 0 aliphatic carbocycles. The van der Waals surface area contributed by atoms with E-state index in [2.05, 4.69) is 6.08 Å². The summed E-state index contributed by atoms with van der Waals surface area (Å²) in [5.41, 5.74) is 0. The van der Waals surface area contributed by atoms with Crippen LogP contribution in [0.15, 0.2) is 12.2 Å². The number of allylic oxidation sites excluding steroid dienone is 1. The highest BCUT2D eigenvalue weighted by Gasteiger charge is 2.13. The van der Waals surface area contributed by atoms with Crippen LogP contribution in [-0.2, 0) is 9.47 Å². The normalized spacial score (nSPS) is 20.5. The van der Waals surface area contributed by atoms with E-state index in [0.717, 1.165) is 38.9 Å². The molecule has 1 aliphatic heterocycles. The predicted molar refractivity (Wildman–Crippen MR) is 91.9 cm³/mol. The van der Waals surface area contributed by atoms with Crippen molar-refractivity contribution in [2.75, 3.05) is 13.2 Å². The first kappa shape index (κ1) is 19.7. The Morgan fingerprint density at radius 3 is 2.50 bits per heavy atom. The zero-order valence-electron chi connectivity index (χ0n) is 14.5. The number of aliphatic hydroxyl groups is 1. The van der Waals surface area contributed by atoms with Gasteiger partial charge in [0, 0.05) is 13.2 Å². The molecule has 1 saturated heterocycles. The van der Waals surface area contributed by atoms with Crippen LogP contribution >= 0.6 is 0 Å². The third-order valence-electron chi connectivity index (χ3n) is 4.23. The fourth-order valence-corrected chi connectivity index (χ4v) is 2.69. The third-order valence-corrected chi connectivity index (χ3v) is 4.23. The number of ether oxygens (including phenoxy) is 2. The van der Waals surface area contributed by atoms with Crippen LogP contribution in [0.5, 0.6) is 0 Å². The lowest BCUT2D eigenvalue weighted by molar-refractivity contribution is -0.162. The number of rotatable bonds is 13. The van der Waals surface area contributed by atoms with Gasteiger partial charge in [0.15, 0.2) is 6.29 Å². The van der Waals surface area contributed by atoms with Crippen LogP contribution in [0.3, 0.4) is 0 Å². The maximum absolute atomic E-state index is 9.38. The van der Waals surface area contributed by atoms with E-state index in [0.29, 0.717) is 0 Å². The summed E-state index contributed by atoms with van der Waals surface area (Å²) in [6.45, 7) is 3.73. The Kier molecular flexibility index (Phi) is 12.7. The van der Waals surface area contributed by atoms with Gasteiger partial charge in [0.2, 0.25) is 0 Å². The second kappa shape index (κ2) is 14.2. The van der Waals surface area contributed by atoms with Crippen LogP contribution in [0.4, 0.5) is 0 Å². The van der Waals surface area contributed by atoms with Gasteiger partial charge in [-0.25, -0.2) is 0 Å². The average Bonchev–Trinajstić information content (AvgIpc) is 2.56. The number of hydrogen-bond donors (Lipinski definition) is 1. The lowest BCUT2D eigenvalue weighted by atomic mass is 10.1. The molecule has 0 aromatic rings. The van der Waals surface area contributed by atoms with Crippen molar-refractivity contribution in [3.8, 4) is 0 Å². The summed E-state index contributed by atoms with van der Waals surface area (Å²) in [4.78, 5) is 0. The second-order valence-electron chi connectivity index (χ2n) is 6.33. The molecular weight excluding hydrogens is 276 g/mol. The summed E-state index contributed by atoms with van der Waals surface area (Å²) in [6.07, 6.45) is 18.3. The zero-order valence-corrected chi connectivity index (χ0v) is 14.5. The van der Waals surface area contributed by atoms with Gasteiger partial charge in [-0.05, 0) is 44.9 Å². The summed E-state index contributed by atoms with van der Waals surface area (Å²) in [5, 5.41) is 9.38.